The highest BCUT2D eigenvalue weighted by molar-refractivity contribution is 14.0. The number of hydrogen-bond donors (Lipinski definition) is 2. The monoisotopic (exact) mass is 417 g/mol. The van der Waals surface area contributed by atoms with Crippen LogP contribution in [0, 0.1) is 11.8 Å². The molecule has 5 heteroatoms. The fourth-order valence-electron chi connectivity index (χ4n) is 2.07. The molecule has 0 aromatic heterocycles. The maximum absolute atomic E-state index is 5.76. The van der Waals surface area contributed by atoms with E-state index in [0.29, 0.717) is 12.5 Å². The highest BCUT2D eigenvalue weighted by Gasteiger charge is 2.21. The lowest BCUT2D eigenvalue weighted by Gasteiger charge is -2.16. The molecule has 1 aliphatic carbocycles. The van der Waals surface area contributed by atoms with Crippen LogP contribution in [0.3, 0.4) is 0 Å². The molecule has 2 N–H and O–H groups in total. The summed E-state index contributed by atoms with van der Waals surface area (Å²) in [5.41, 5.74) is 1.22. The largest absolute Gasteiger partial charge is 0.376 e. The Kier molecular flexibility index (Phi) is 9.47. The van der Waals surface area contributed by atoms with Crippen molar-refractivity contribution in [2.75, 3.05) is 26.7 Å². The van der Waals surface area contributed by atoms with Gasteiger partial charge in [-0.25, -0.2) is 0 Å². The van der Waals surface area contributed by atoms with Gasteiger partial charge in [0, 0.05) is 20.1 Å². The lowest BCUT2D eigenvalue weighted by atomic mass is 10.2. The van der Waals surface area contributed by atoms with E-state index in [1.807, 2.05) is 25.2 Å². The van der Waals surface area contributed by atoms with Crippen LogP contribution in [0.4, 0.5) is 0 Å². The van der Waals surface area contributed by atoms with E-state index in [-0.39, 0.29) is 24.0 Å². The standard InChI is InChI=1S/C17H27N3O.HI/c1-14(12-21-13-16-6-4-3-5-7-16)10-19-17(18-2)20-11-15-8-9-15;/h3-7,14-15H,8-13H2,1-2H3,(H2,18,19,20);1H. The molecule has 4 nitrogen and oxygen atoms in total. The molecule has 1 saturated carbocycles. The van der Waals surface area contributed by atoms with Gasteiger partial charge in [-0.05, 0) is 30.2 Å². The number of hydrogen-bond acceptors (Lipinski definition) is 2. The number of aliphatic imine (C=N–C) groups is 1. The normalized spacial score (nSPS) is 15.8. The molecule has 0 amide bonds. The third-order valence-corrected chi connectivity index (χ3v) is 3.61. The summed E-state index contributed by atoms with van der Waals surface area (Å²) in [6, 6.07) is 10.3. The van der Waals surface area contributed by atoms with Crippen LogP contribution in [-0.4, -0.2) is 32.7 Å². The zero-order chi connectivity index (χ0) is 14.9. The molecule has 1 fully saturated rings. The van der Waals surface area contributed by atoms with Crippen LogP contribution < -0.4 is 10.6 Å². The average molecular weight is 417 g/mol. The van der Waals surface area contributed by atoms with E-state index in [9.17, 15) is 0 Å². The van der Waals surface area contributed by atoms with Crippen LogP contribution in [0.2, 0.25) is 0 Å². The van der Waals surface area contributed by atoms with Crippen molar-refractivity contribution in [2.24, 2.45) is 16.8 Å². The van der Waals surface area contributed by atoms with Gasteiger partial charge in [-0.2, -0.15) is 0 Å². The number of rotatable bonds is 8. The third kappa shape index (κ3) is 7.98. The zero-order valence-electron chi connectivity index (χ0n) is 13.5. The van der Waals surface area contributed by atoms with Crippen LogP contribution in [0.25, 0.3) is 0 Å². The van der Waals surface area contributed by atoms with Gasteiger partial charge < -0.3 is 15.4 Å². The summed E-state index contributed by atoms with van der Waals surface area (Å²) >= 11 is 0. The number of nitrogens with zero attached hydrogens (tertiary/aromatic N) is 1. The molecule has 0 spiro atoms. The Labute approximate surface area is 151 Å². The molecule has 1 aliphatic rings. The minimum atomic E-state index is 0. The van der Waals surface area contributed by atoms with Crippen molar-refractivity contribution in [1.82, 2.24) is 10.6 Å². The Morgan fingerprint density at radius 2 is 2.00 bits per heavy atom. The Hall–Kier alpha value is -0.820. The highest BCUT2D eigenvalue weighted by atomic mass is 127. The molecule has 124 valence electrons. The van der Waals surface area contributed by atoms with Crippen molar-refractivity contribution >= 4 is 29.9 Å². The van der Waals surface area contributed by atoms with E-state index in [1.165, 1.54) is 18.4 Å². The van der Waals surface area contributed by atoms with Gasteiger partial charge in [0.1, 0.15) is 0 Å². The smallest absolute Gasteiger partial charge is 0.190 e. The van der Waals surface area contributed by atoms with E-state index < -0.39 is 0 Å². The Morgan fingerprint density at radius 3 is 2.64 bits per heavy atom. The van der Waals surface area contributed by atoms with Gasteiger partial charge >= 0.3 is 0 Å². The molecule has 1 atom stereocenters. The second-order valence-electron chi connectivity index (χ2n) is 5.88. The summed E-state index contributed by atoms with van der Waals surface area (Å²) in [5.74, 6) is 2.21. The summed E-state index contributed by atoms with van der Waals surface area (Å²) in [4.78, 5) is 4.24. The minimum Gasteiger partial charge on any atom is -0.376 e. The zero-order valence-corrected chi connectivity index (χ0v) is 15.9. The van der Waals surface area contributed by atoms with Crippen molar-refractivity contribution in [3.63, 3.8) is 0 Å². The van der Waals surface area contributed by atoms with Gasteiger partial charge in [-0.15, -0.1) is 24.0 Å². The van der Waals surface area contributed by atoms with Gasteiger partial charge in [-0.1, -0.05) is 37.3 Å². The summed E-state index contributed by atoms with van der Waals surface area (Å²) < 4.78 is 5.76. The topological polar surface area (TPSA) is 45.7 Å². The molecule has 1 aromatic carbocycles. The number of benzene rings is 1. The van der Waals surface area contributed by atoms with Gasteiger partial charge in [0.15, 0.2) is 5.96 Å². The number of ether oxygens (including phenoxy) is 1. The van der Waals surface area contributed by atoms with E-state index in [1.54, 1.807) is 0 Å². The van der Waals surface area contributed by atoms with Gasteiger partial charge in [0.25, 0.3) is 0 Å². The average Bonchev–Trinajstić information content (AvgIpc) is 3.33. The Balaban J connectivity index is 0.00000242. The summed E-state index contributed by atoms with van der Waals surface area (Å²) in [6.45, 7) is 5.53. The minimum absolute atomic E-state index is 0. The van der Waals surface area contributed by atoms with Gasteiger partial charge in [0.2, 0.25) is 0 Å². The van der Waals surface area contributed by atoms with Gasteiger partial charge in [-0.3, -0.25) is 4.99 Å². The van der Waals surface area contributed by atoms with Crippen molar-refractivity contribution in [1.29, 1.82) is 0 Å². The van der Waals surface area contributed by atoms with Gasteiger partial charge in [0.05, 0.1) is 13.2 Å². The summed E-state index contributed by atoms with van der Waals surface area (Å²) in [6.07, 6.45) is 2.71. The Bertz CT molecular complexity index is 435. The molecule has 0 heterocycles. The van der Waals surface area contributed by atoms with E-state index >= 15 is 0 Å². The van der Waals surface area contributed by atoms with E-state index in [2.05, 4.69) is 34.7 Å². The predicted octanol–water partition coefficient (Wildman–Crippen LogP) is 3.03. The van der Waals surface area contributed by atoms with Crippen molar-refractivity contribution in [2.45, 2.75) is 26.4 Å². The van der Waals surface area contributed by atoms with Crippen LogP contribution in [0.1, 0.15) is 25.3 Å². The fraction of sp³-hybridized carbons (Fsp3) is 0.588. The van der Waals surface area contributed by atoms with Crippen LogP contribution >= 0.6 is 24.0 Å². The first-order valence-electron chi connectivity index (χ1n) is 7.84. The molecular weight excluding hydrogens is 389 g/mol. The number of halogens is 1. The molecule has 0 radical (unpaired) electrons. The van der Waals surface area contributed by atoms with Crippen molar-refractivity contribution < 1.29 is 4.74 Å². The number of guanidine groups is 1. The molecule has 1 unspecified atom stereocenters. The van der Waals surface area contributed by atoms with Crippen LogP contribution in [0.15, 0.2) is 35.3 Å². The van der Waals surface area contributed by atoms with Crippen LogP contribution in [-0.2, 0) is 11.3 Å². The van der Waals surface area contributed by atoms with E-state index in [4.69, 9.17) is 4.74 Å². The maximum Gasteiger partial charge on any atom is 0.190 e. The quantitative estimate of drug-likeness (QED) is 0.388. The summed E-state index contributed by atoms with van der Waals surface area (Å²) in [5, 5.41) is 6.73. The molecule has 1 aromatic rings. The maximum atomic E-state index is 5.76. The highest BCUT2D eigenvalue weighted by Crippen LogP contribution is 2.27. The molecule has 0 saturated heterocycles. The molecule has 22 heavy (non-hydrogen) atoms. The molecular formula is C17H28IN3O. The molecule has 0 bridgehead atoms. The van der Waals surface area contributed by atoms with Crippen molar-refractivity contribution in [3.05, 3.63) is 35.9 Å². The second kappa shape index (κ2) is 10.8. The lowest BCUT2D eigenvalue weighted by molar-refractivity contribution is 0.0931. The van der Waals surface area contributed by atoms with Crippen molar-refractivity contribution in [3.8, 4) is 0 Å². The lowest BCUT2D eigenvalue weighted by Crippen LogP contribution is -2.40. The fourth-order valence-corrected chi connectivity index (χ4v) is 2.07. The second-order valence-corrected chi connectivity index (χ2v) is 5.88. The summed E-state index contributed by atoms with van der Waals surface area (Å²) in [7, 11) is 1.82. The third-order valence-electron chi connectivity index (χ3n) is 3.61. The van der Waals surface area contributed by atoms with Crippen LogP contribution in [0.5, 0.6) is 0 Å². The predicted molar refractivity (Wildman–Crippen MR) is 103 cm³/mol. The Morgan fingerprint density at radius 1 is 1.27 bits per heavy atom. The number of nitrogens with one attached hydrogen (secondary N) is 2. The van der Waals surface area contributed by atoms with E-state index in [0.717, 1.165) is 31.6 Å². The first-order valence-corrected chi connectivity index (χ1v) is 7.84. The molecule has 2 rings (SSSR count). The first kappa shape index (κ1) is 19.2. The SMILES string of the molecule is CN=C(NCC(C)COCc1ccccc1)NCC1CC1.I. The molecule has 0 aliphatic heterocycles. The first-order chi connectivity index (χ1) is 10.3.